The van der Waals surface area contributed by atoms with Gasteiger partial charge in [-0.15, -0.1) is 0 Å². The highest BCUT2D eigenvalue weighted by molar-refractivity contribution is 5.14. The zero-order valence-electron chi connectivity index (χ0n) is 8.12. The summed E-state index contributed by atoms with van der Waals surface area (Å²) in [5, 5.41) is 19.1. The Kier molecular flexibility index (Phi) is 2.13. The molecule has 3 heteroatoms. The van der Waals surface area contributed by atoms with Crippen LogP contribution in [0.2, 0.25) is 0 Å². The van der Waals surface area contributed by atoms with Crippen LogP contribution in [0.4, 0.5) is 0 Å². The van der Waals surface area contributed by atoms with Gasteiger partial charge in [0.15, 0.2) is 0 Å². The number of ether oxygens (including phenoxy) is 1. The molecule has 0 saturated heterocycles. The number of aliphatic hydroxyl groups excluding tert-OH is 1. The third-order valence-electron chi connectivity index (χ3n) is 3.33. The Balaban J connectivity index is 1.92. The average molecular weight is 186 g/mol. The fourth-order valence-corrected chi connectivity index (χ4v) is 2.10. The van der Waals surface area contributed by atoms with E-state index in [4.69, 9.17) is 9.84 Å². The van der Waals surface area contributed by atoms with E-state index in [1.54, 1.807) is 6.92 Å². The Labute approximate surface area is 78.7 Å². The van der Waals surface area contributed by atoms with Gasteiger partial charge >= 0.3 is 0 Å². The molecule has 1 atom stereocenters. The first kappa shape index (κ1) is 9.44. The SMILES string of the molecule is CC(O)COC1(C2(O)CC2)CCC1. The maximum absolute atomic E-state index is 10.0. The zero-order chi connectivity index (χ0) is 9.53. The van der Waals surface area contributed by atoms with Crippen LogP contribution in [0.1, 0.15) is 39.0 Å². The Morgan fingerprint density at radius 1 is 1.31 bits per heavy atom. The van der Waals surface area contributed by atoms with Gasteiger partial charge in [-0.3, -0.25) is 0 Å². The number of rotatable bonds is 4. The molecule has 0 aromatic carbocycles. The molecule has 2 fully saturated rings. The fraction of sp³-hybridized carbons (Fsp3) is 1.00. The van der Waals surface area contributed by atoms with Gasteiger partial charge in [0, 0.05) is 0 Å². The van der Waals surface area contributed by atoms with E-state index in [1.165, 1.54) is 0 Å². The lowest BCUT2D eigenvalue weighted by Gasteiger charge is -2.46. The van der Waals surface area contributed by atoms with Crippen LogP contribution in [0.5, 0.6) is 0 Å². The Bertz CT molecular complexity index is 192. The van der Waals surface area contributed by atoms with Gasteiger partial charge in [0.2, 0.25) is 0 Å². The van der Waals surface area contributed by atoms with Crippen molar-refractivity contribution < 1.29 is 14.9 Å². The molecule has 0 bridgehead atoms. The number of aliphatic hydroxyl groups is 2. The maximum Gasteiger partial charge on any atom is 0.0969 e. The average Bonchev–Trinajstić information content (AvgIpc) is 2.65. The van der Waals surface area contributed by atoms with Crippen LogP contribution in [-0.4, -0.2) is 34.1 Å². The van der Waals surface area contributed by atoms with Crippen LogP contribution in [-0.2, 0) is 4.74 Å². The van der Waals surface area contributed by atoms with E-state index in [9.17, 15) is 5.11 Å². The molecule has 2 aliphatic rings. The van der Waals surface area contributed by atoms with Crippen molar-refractivity contribution in [1.29, 1.82) is 0 Å². The smallest absolute Gasteiger partial charge is 0.0969 e. The molecule has 2 saturated carbocycles. The van der Waals surface area contributed by atoms with Gasteiger partial charge in [0.05, 0.1) is 23.9 Å². The fourth-order valence-electron chi connectivity index (χ4n) is 2.10. The molecule has 3 nitrogen and oxygen atoms in total. The lowest BCUT2D eigenvalue weighted by molar-refractivity contribution is -0.191. The summed E-state index contributed by atoms with van der Waals surface area (Å²) in [4.78, 5) is 0. The molecule has 2 aliphatic carbocycles. The van der Waals surface area contributed by atoms with Crippen molar-refractivity contribution >= 4 is 0 Å². The first-order valence-electron chi connectivity index (χ1n) is 5.12. The maximum atomic E-state index is 10.0. The molecule has 2 rings (SSSR count). The minimum absolute atomic E-state index is 0.302. The van der Waals surface area contributed by atoms with Gasteiger partial charge < -0.3 is 14.9 Å². The Morgan fingerprint density at radius 3 is 2.23 bits per heavy atom. The van der Waals surface area contributed by atoms with Gasteiger partial charge in [0.1, 0.15) is 0 Å². The lowest BCUT2D eigenvalue weighted by atomic mass is 9.74. The summed E-state index contributed by atoms with van der Waals surface area (Å²) in [6.07, 6.45) is 4.36. The summed E-state index contributed by atoms with van der Waals surface area (Å²) in [7, 11) is 0. The van der Waals surface area contributed by atoms with E-state index in [0.717, 1.165) is 32.1 Å². The minimum Gasteiger partial charge on any atom is -0.391 e. The molecule has 0 aromatic heterocycles. The molecule has 13 heavy (non-hydrogen) atoms. The van der Waals surface area contributed by atoms with Crippen LogP contribution >= 0.6 is 0 Å². The second-order valence-corrected chi connectivity index (χ2v) is 4.54. The molecule has 0 aliphatic heterocycles. The number of hydrogen-bond donors (Lipinski definition) is 2. The molecule has 0 radical (unpaired) electrons. The van der Waals surface area contributed by atoms with Gasteiger partial charge in [-0.2, -0.15) is 0 Å². The van der Waals surface area contributed by atoms with Crippen molar-refractivity contribution in [3.05, 3.63) is 0 Å². The van der Waals surface area contributed by atoms with E-state index in [0.29, 0.717) is 6.61 Å². The predicted molar refractivity (Wildman–Crippen MR) is 48.4 cm³/mol. The first-order valence-corrected chi connectivity index (χ1v) is 5.12. The van der Waals surface area contributed by atoms with Crippen LogP contribution < -0.4 is 0 Å². The minimum atomic E-state index is -0.555. The van der Waals surface area contributed by atoms with E-state index < -0.39 is 11.7 Å². The molecular weight excluding hydrogens is 168 g/mol. The van der Waals surface area contributed by atoms with E-state index in [-0.39, 0.29) is 5.60 Å². The van der Waals surface area contributed by atoms with Gasteiger partial charge in [0.25, 0.3) is 0 Å². The van der Waals surface area contributed by atoms with Gasteiger partial charge in [-0.1, -0.05) is 0 Å². The molecule has 1 unspecified atom stereocenters. The molecule has 2 N–H and O–H groups in total. The first-order chi connectivity index (χ1) is 6.08. The summed E-state index contributed by atoms with van der Waals surface area (Å²) < 4.78 is 5.65. The molecule has 0 amide bonds. The van der Waals surface area contributed by atoms with Gasteiger partial charge in [-0.05, 0) is 39.0 Å². The number of hydrogen-bond acceptors (Lipinski definition) is 3. The van der Waals surface area contributed by atoms with E-state index in [1.807, 2.05) is 0 Å². The summed E-state index contributed by atoms with van der Waals surface area (Å²) >= 11 is 0. The van der Waals surface area contributed by atoms with Crippen LogP contribution in [0.15, 0.2) is 0 Å². The predicted octanol–water partition coefficient (Wildman–Crippen LogP) is 0.831. The molecular formula is C10H18O3. The molecule has 0 spiro atoms. The quantitative estimate of drug-likeness (QED) is 0.683. The largest absolute Gasteiger partial charge is 0.391 e. The summed E-state index contributed by atoms with van der Waals surface area (Å²) in [5.41, 5.74) is -0.857. The van der Waals surface area contributed by atoms with E-state index >= 15 is 0 Å². The van der Waals surface area contributed by atoms with Crippen LogP contribution in [0.3, 0.4) is 0 Å². The van der Waals surface area contributed by atoms with Crippen molar-refractivity contribution in [1.82, 2.24) is 0 Å². The van der Waals surface area contributed by atoms with Crippen molar-refractivity contribution in [3.8, 4) is 0 Å². The second-order valence-electron chi connectivity index (χ2n) is 4.54. The second kappa shape index (κ2) is 2.94. The van der Waals surface area contributed by atoms with Crippen molar-refractivity contribution in [2.75, 3.05) is 6.61 Å². The third kappa shape index (κ3) is 1.49. The third-order valence-corrected chi connectivity index (χ3v) is 3.33. The van der Waals surface area contributed by atoms with Gasteiger partial charge in [-0.25, -0.2) is 0 Å². The van der Waals surface area contributed by atoms with Crippen LogP contribution in [0, 0.1) is 0 Å². The Hall–Kier alpha value is -0.120. The topological polar surface area (TPSA) is 49.7 Å². The summed E-state index contributed by atoms with van der Waals surface area (Å²) in [6, 6.07) is 0. The normalized spacial score (nSPS) is 30.7. The Morgan fingerprint density at radius 2 is 1.92 bits per heavy atom. The highest BCUT2D eigenvalue weighted by Gasteiger charge is 2.62. The highest BCUT2D eigenvalue weighted by Crippen LogP contribution is 2.55. The van der Waals surface area contributed by atoms with Crippen molar-refractivity contribution in [3.63, 3.8) is 0 Å². The lowest BCUT2D eigenvalue weighted by Crippen LogP contribution is -2.53. The summed E-state index contributed by atoms with van der Waals surface area (Å²) in [5.74, 6) is 0. The van der Waals surface area contributed by atoms with E-state index in [2.05, 4.69) is 0 Å². The standard InChI is InChI=1S/C10H18O3/c1-8(11)7-13-10(3-2-4-10)9(12)5-6-9/h8,11-12H,2-7H2,1H3. The van der Waals surface area contributed by atoms with Crippen molar-refractivity contribution in [2.24, 2.45) is 0 Å². The van der Waals surface area contributed by atoms with Crippen molar-refractivity contribution in [2.45, 2.75) is 56.3 Å². The highest BCUT2D eigenvalue weighted by atomic mass is 16.5. The molecule has 76 valence electrons. The zero-order valence-corrected chi connectivity index (χ0v) is 8.12. The summed E-state index contributed by atoms with van der Waals surface area (Å²) in [6.45, 7) is 2.06. The molecule has 0 heterocycles. The van der Waals surface area contributed by atoms with Crippen LogP contribution in [0.25, 0.3) is 0 Å². The molecule has 0 aromatic rings. The monoisotopic (exact) mass is 186 g/mol.